The van der Waals surface area contributed by atoms with Crippen LogP contribution in [0.25, 0.3) is 0 Å². The van der Waals surface area contributed by atoms with E-state index in [2.05, 4.69) is 0 Å². The minimum absolute atomic E-state index is 0.0210. The number of ether oxygens (including phenoxy) is 1. The second kappa shape index (κ2) is 8.02. The Morgan fingerprint density at radius 1 is 1.25 bits per heavy atom. The minimum Gasteiger partial charge on any atom is -0.465 e. The highest BCUT2D eigenvalue weighted by Crippen LogP contribution is 2.32. The van der Waals surface area contributed by atoms with Crippen molar-refractivity contribution in [3.05, 3.63) is 58.6 Å². The number of nitrogens with two attached hydrogens (primary N) is 1. The number of methoxy groups -OCH3 is 1. The van der Waals surface area contributed by atoms with Gasteiger partial charge in [0.15, 0.2) is 0 Å². The predicted octanol–water partition coefficient (Wildman–Crippen LogP) is 3.11. The number of sulfonamides is 1. The first-order valence-corrected chi connectivity index (χ1v) is 9.85. The molecular weight excluding hydrogens is 370 g/mol. The summed E-state index contributed by atoms with van der Waals surface area (Å²) in [6.07, 6.45) is 0.792. The third-order valence-corrected chi connectivity index (χ3v) is 5.67. The van der Waals surface area contributed by atoms with Crippen molar-refractivity contribution in [3.8, 4) is 0 Å². The summed E-state index contributed by atoms with van der Waals surface area (Å²) < 4.78 is 27.8. The molecule has 0 spiro atoms. The number of esters is 1. The van der Waals surface area contributed by atoms with E-state index in [1.807, 2.05) is 30.3 Å². The first-order chi connectivity index (χ1) is 11.3. The minimum atomic E-state index is -4.03. The Bertz CT molecular complexity index is 839. The molecule has 0 atom stereocenters. The molecule has 128 valence electrons. The maximum absolute atomic E-state index is 11.9. The van der Waals surface area contributed by atoms with E-state index in [1.54, 1.807) is 0 Å². The fourth-order valence-corrected chi connectivity index (χ4v) is 4.29. The van der Waals surface area contributed by atoms with Gasteiger partial charge in [-0.25, -0.2) is 18.4 Å². The van der Waals surface area contributed by atoms with Gasteiger partial charge < -0.3 is 4.74 Å². The smallest absolute Gasteiger partial charge is 0.339 e. The van der Waals surface area contributed by atoms with Crippen molar-refractivity contribution >= 4 is 39.4 Å². The van der Waals surface area contributed by atoms with E-state index in [0.29, 0.717) is 10.6 Å². The highest BCUT2D eigenvalue weighted by Gasteiger charge is 2.21. The van der Waals surface area contributed by atoms with Crippen molar-refractivity contribution in [3.63, 3.8) is 0 Å². The summed E-state index contributed by atoms with van der Waals surface area (Å²) >= 11 is 7.40. The first-order valence-electron chi connectivity index (χ1n) is 6.94. The molecule has 2 rings (SSSR count). The predicted molar refractivity (Wildman–Crippen MR) is 95.0 cm³/mol. The van der Waals surface area contributed by atoms with Crippen LogP contribution in [-0.4, -0.2) is 27.2 Å². The summed E-state index contributed by atoms with van der Waals surface area (Å²) in [7, 11) is -2.80. The Morgan fingerprint density at radius 3 is 2.50 bits per heavy atom. The zero-order chi connectivity index (χ0) is 17.7. The summed E-state index contributed by atoms with van der Waals surface area (Å²) in [5.74, 6) is 0.0535. The van der Waals surface area contributed by atoms with Gasteiger partial charge >= 0.3 is 5.97 Å². The third-order valence-electron chi connectivity index (χ3n) is 3.24. The summed E-state index contributed by atoms with van der Waals surface area (Å²) in [5, 5.41) is 5.10. The van der Waals surface area contributed by atoms with E-state index >= 15 is 0 Å². The average Bonchev–Trinajstić information content (AvgIpc) is 2.54. The second-order valence-electron chi connectivity index (χ2n) is 4.90. The number of carbonyl (C=O) groups excluding carboxylic acids is 1. The van der Waals surface area contributed by atoms with Crippen LogP contribution in [0, 0.1) is 0 Å². The van der Waals surface area contributed by atoms with Crippen LogP contribution < -0.4 is 5.14 Å². The number of thioether (sulfide) groups is 1. The normalized spacial score (nSPS) is 11.3. The molecule has 0 aliphatic heterocycles. The molecule has 2 aromatic carbocycles. The molecule has 0 saturated heterocycles. The molecular formula is C16H16ClNO4S2. The molecule has 0 aliphatic carbocycles. The van der Waals surface area contributed by atoms with Crippen LogP contribution in [0.5, 0.6) is 0 Å². The Labute approximate surface area is 150 Å². The first kappa shape index (κ1) is 18.8. The van der Waals surface area contributed by atoms with E-state index < -0.39 is 16.0 Å². The van der Waals surface area contributed by atoms with Crippen LogP contribution in [0.1, 0.15) is 15.9 Å². The molecule has 2 aromatic rings. The van der Waals surface area contributed by atoms with Crippen LogP contribution in [0.4, 0.5) is 0 Å². The molecule has 0 saturated carbocycles. The molecule has 0 aromatic heterocycles. The number of benzene rings is 2. The van der Waals surface area contributed by atoms with Gasteiger partial charge in [0.1, 0.15) is 4.90 Å². The average molecular weight is 386 g/mol. The van der Waals surface area contributed by atoms with Gasteiger partial charge in [-0.1, -0.05) is 41.9 Å². The Balaban J connectivity index is 2.27. The molecule has 0 heterocycles. The maximum Gasteiger partial charge on any atom is 0.339 e. The molecule has 0 radical (unpaired) electrons. The zero-order valence-corrected chi connectivity index (χ0v) is 15.2. The summed E-state index contributed by atoms with van der Waals surface area (Å²) in [6, 6.07) is 12.5. The van der Waals surface area contributed by atoms with Crippen LogP contribution in [-0.2, 0) is 21.2 Å². The quantitative estimate of drug-likeness (QED) is 0.609. The number of halogens is 1. The molecule has 5 nitrogen and oxygen atoms in total. The van der Waals surface area contributed by atoms with E-state index in [4.69, 9.17) is 21.5 Å². The lowest BCUT2D eigenvalue weighted by molar-refractivity contribution is 0.0596. The molecule has 8 heteroatoms. The summed E-state index contributed by atoms with van der Waals surface area (Å²) in [6.45, 7) is 0. The number of primary sulfonamides is 1. The van der Waals surface area contributed by atoms with Crippen molar-refractivity contribution in [2.45, 2.75) is 16.2 Å². The van der Waals surface area contributed by atoms with Crippen molar-refractivity contribution in [2.24, 2.45) is 5.14 Å². The molecule has 0 bridgehead atoms. The monoisotopic (exact) mass is 385 g/mol. The van der Waals surface area contributed by atoms with Crippen molar-refractivity contribution in [1.29, 1.82) is 0 Å². The van der Waals surface area contributed by atoms with Gasteiger partial charge in [0.25, 0.3) is 0 Å². The van der Waals surface area contributed by atoms with Crippen LogP contribution in [0.15, 0.2) is 52.3 Å². The van der Waals surface area contributed by atoms with E-state index in [-0.39, 0.29) is 15.5 Å². The zero-order valence-electron chi connectivity index (χ0n) is 12.9. The van der Waals surface area contributed by atoms with Crippen LogP contribution in [0.2, 0.25) is 5.02 Å². The van der Waals surface area contributed by atoms with E-state index in [9.17, 15) is 13.2 Å². The highest BCUT2D eigenvalue weighted by molar-refractivity contribution is 7.99. The maximum atomic E-state index is 11.9. The molecule has 2 N–H and O–H groups in total. The number of carbonyl (C=O) groups is 1. The molecule has 0 fully saturated rings. The van der Waals surface area contributed by atoms with Gasteiger partial charge in [0.2, 0.25) is 10.0 Å². The summed E-state index contributed by atoms with van der Waals surface area (Å²) in [5.41, 5.74) is 1.29. The molecule has 24 heavy (non-hydrogen) atoms. The third kappa shape index (κ3) is 4.73. The fourth-order valence-electron chi connectivity index (χ4n) is 2.07. The highest BCUT2D eigenvalue weighted by atomic mass is 35.5. The lowest BCUT2D eigenvalue weighted by Crippen LogP contribution is -2.15. The fraction of sp³-hybridized carbons (Fsp3) is 0.188. The molecule has 0 amide bonds. The van der Waals surface area contributed by atoms with Crippen molar-refractivity contribution < 1.29 is 17.9 Å². The Kier molecular flexibility index (Phi) is 6.28. The van der Waals surface area contributed by atoms with Gasteiger partial charge in [-0.05, 0) is 24.1 Å². The standard InChI is InChI=1S/C16H16ClNO4S2/c1-22-16(19)12-9-15(24(18,20)21)13(17)10-14(12)23-8-7-11-5-3-2-4-6-11/h2-6,9-10H,7-8H2,1H3,(H2,18,20,21). The Hall–Kier alpha value is -1.54. The summed E-state index contributed by atoms with van der Waals surface area (Å²) in [4.78, 5) is 12.2. The number of hydrogen-bond donors (Lipinski definition) is 1. The van der Waals surface area contributed by atoms with E-state index in [0.717, 1.165) is 18.1 Å². The Morgan fingerprint density at radius 2 is 1.92 bits per heavy atom. The van der Waals surface area contributed by atoms with Crippen LogP contribution >= 0.6 is 23.4 Å². The SMILES string of the molecule is COC(=O)c1cc(S(N)(=O)=O)c(Cl)cc1SCCc1ccccc1. The molecule has 0 aliphatic rings. The number of hydrogen-bond acceptors (Lipinski definition) is 5. The lowest BCUT2D eigenvalue weighted by atomic mass is 10.2. The largest absolute Gasteiger partial charge is 0.465 e. The second-order valence-corrected chi connectivity index (χ2v) is 7.97. The van der Waals surface area contributed by atoms with Gasteiger partial charge in [0.05, 0.1) is 17.7 Å². The van der Waals surface area contributed by atoms with Crippen LogP contribution in [0.3, 0.4) is 0 Å². The van der Waals surface area contributed by atoms with Gasteiger partial charge in [0, 0.05) is 10.6 Å². The number of aryl methyl sites for hydroxylation is 1. The number of rotatable bonds is 6. The van der Waals surface area contributed by atoms with Crippen molar-refractivity contribution in [1.82, 2.24) is 0 Å². The van der Waals surface area contributed by atoms with Gasteiger partial charge in [-0.3, -0.25) is 0 Å². The molecule has 0 unspecified atom stereocenters. The lowest BCUT2D eigenvalue weighted by Gasteiger charge is -2.11. The van der Waals surface area contributed by atoms with Crippen molar-refractivity contribution in [2.75, 3.05) is 12.9 Å². The van der Waals surface area contributed by atoms with Gasteiger partial charge in [-0.2, -0.15) is 0 Å². The van der Waals surface area contributed by atoms with E-state index in [1.165, 1.54) is 24.9 Å². The topological polar surface area (TPSA) is 86.5 Å². The van der Waals surface area contributed by atoms with Gasteiger partial charge in [-0.15, -0.1) is 11.8 Å².